The standard InChI is InChI=1S/C16H13Cl2N3O5S/c17-12-5-4-10(7-13(12)18)26-9-2-1-3-11(6-9)27(24,25)21-15(22)14-8-19-16(23)20-14/h1-7,14H,8H2,(H,21,22)(H2,19,20,23). The zero-order valence-electron chi connectivity index (χ0n) is 13.5. The fraction of sp³-hybridized carbons (Fsp3) is 0.125. The summed E-state index contributed by atoms with van der Waals surface area (Å²) in [7, 11) is -4.15. The van der Waals surface area contributed by atoms with Crippen LogP contribution in [0, 0.1) is 0 Å². The Hall–Kier alpha value is -2.49. The summed E-state index contributed by atoms with van der Waals surface area (Å²) in [5.74, 6) is -0.258. The Morgan fingerprint density at radius 2 is 1.85 bits per heavy atom. The number of halogens is 2. The van der Waals surface area contributed by atoms with Gasteiger partial charge in [-0.05, 0) is 24.3 Å². The molecule has 0 saturated carbocycles. The van der Waals surface area contributed by atoms with E-state index in [1.54, 1.807) is 18.2 Å². The van der Waals surface area contributed by atoms with Gasteiger partial charge in [-0.25, -0.2) is 17.9 Å². The lowest BCUT2D eigenvalue weighted by Crippen LogP contribution is -2.45. The summed E-state index contributed by atoms with van der Waals surface area (Å²) in [6.07, 6.45) is 0. The molecule has 1 atom stereocenters. The molecule has 142 valence electrons. The van der Waals surface area contributed by atoms with Crippen LogP contribution in [0.15, 0.2) is 47.4 Å². The van der Waals surface area contributed by atoms with Crippen LogP contribution >= 0.6 is 23.2 Å². The van der Waals surface area contributed by atoms with E-state index >= 15 is 0 Å². The van der Waals surface area contributed by atoms with Crippen molar-refractivity contribution in [3.8, 4) is 11.5 Å². The minimum Gasteiger partial charge on any atom is -0.457 e. The van der Waals surface area contributed by atoms with Gasteiger partial charge in [0, 0.05) is 18.7 Å². The molecule has 0 spiro atoms. The highest BCUT2D eigenvalue weighted by Gasteiger charge is 2.30. The van der Waals surface area contributed by atoms with Gasteiger partial charge in [0.15, 0.2) is 0 Å². The number of benzene rings is 2. The number of carbonyl (C=O) groups is 2. The molecule has 1 heterocycles. The van der Waals surface area contributed by atoms with Gasteiger partial charge in [0.1, 0.15) is 17.5 Å². The highest BCUT2D eigenvalue weighted by atomic mass is 35.5. The number of ether oxygens (including phenoxy) is 1. The van der Waals surface area contributed by atoms with E-state index in [2.05, 4.69) is 10.6 Å². The summed E-state index contributed by atoms with van der Waals surface area (Å²) in [5.41, 5.74) is 0. The molecule has 2 aromatic rings. The van der Waals surface area contributed by atoms with Crippen LogP contribution in [0.5, 0.6) is 11.5 Å². The Balaban J connectivity index is 1.76. The molecule has 3 N–H and O–H groups in total. The molecule has 1 saturated heterocycles. The number of hydrogen-bond donors (Lipinski definition) is 3. The quantitative estimate of drug-likeness (QED) is 0.674. The summed E-state index contributed by atoms with van der Waals surface area (Å²) >= 11 is 11.8. The molecular formula is C16H13Cl2N3O5S. The van der Waals surface area contributed by atoms with Crippen LogP contribution in [0.25, 0.3) is 0 Å². The van der Waals surface area contributed by atoms with E-state index < -0.39 is 28.0 Å². The van der Waals surface area contributed by atoms with Crippen LogP contribution in [0.3, 0.4) is 0 Å². The van der Waals surface area contributed by atoms with Crippen molar-refractivity contribution in [1.29, 1.82) is 0 Å². The summed E-state index contributed by atoms with van der Waals surface area (Å²) in [4.78, 5) is 22.9. The van der Waals surface area contributed by atoms with Crippen molar-refractivity contribution >= 4 is 45.2 Å². The summed E-state index contributed by atoms with van der Waals surface area (Å²) in [6, 6.07) is 8.67. The molecule has 1 aliphatic rings. The van der Waals surface area contributed by atoms with E-state index in [0.29, 0.717) is 10.8 Å². The first-order chi connectivity index (χ1) is 12.7. The molecule has 1 unspecified atom stereocenters. The van der Waals surface area contributed by atoms with E-state index in [1.165, 1.54) is 24.3 Å². The van der Waals surface area contributed by atoms with E-state index in [9.17, 15) is 18.0 Å². The van der Waals surface area contributed by atoms with E-state index in [-0.39, 0.29) is 22.2 Å². The fourth-order valence-corrected chi connectivity index (χ4v) is 3.60. The van der Waals surface area contributed by atoms with Crippen LogP contribution in [-0.4, -0.2) is 32.9 Å². The summed E-state index contributed by atoms with van der Waals surface area (Å²) in [5, 5.41) is 5.33. The first-order valence-corrected chi connectivity index (χ1v) is 9.82. The number of amides is 3. The van der Waals surface area contributed by atoms with Crippen molar-refractivity contribution in [2.24, 2.45) is 0 Å². The largest absolute Gasteiger partial charge is 0.457 e. The second-order valence-corrected chi connectivity index (χ2v) is 8.03. The lowest BCUT2D eigenvalue weighted by atomic mass is 10.3. The topological polar surface area (TPSA) is 114 Å². The molecule has 3 amide bonds. The van der Waals surface area contributed by atoms with Crippen LogP contribution in [0.2, 0.25) is 10.0 Å². The third-order valence-electron chi connectivity index (χ3n) is 3.57. The predicted molar refractivity (Wildman–Crippen MR) is 98.6 cm³/mol. The Kier molecular flexibility index (Phi) is 5.45. The lowest BCUT2D eigenvalue weighted by Gasteiger charge is -2.12. The van der Waals surface area contributed by atoms with Gasteiger partial charge in [0.2, 0.25) is 0 Å². The first kappa shape index (κ1) is 19.3. The molecule has 0 bridgehead atoms. The Labute approximate surface area is 164 Å². The predicted octanol–water partition coefficient (Wildman–Crippen LogP) is 2.27. The Morgan fingerprint density at radius 3 is 2.52 bits per heavy atom. The second kappa shape index (κ2) is 7.63. The maximum Gasteiger partial charge on any atom is 0.315 e. The highest BCUT2D eigenvalue weighted by Crippen LogP contribution is 2.30. The zero-order valence-corrected chi connectivity index (χ0v) is 15.9. The van der Waals surface area contributed by atoms with Crippen molar-refractivity contribution in [1.82, 2.24) is 15.4 Å². The molecule has 27 heavy (non-hydrogen) atoms. The van der Waals surface area contributed by atoms with Crippen molar-refractivity contribution < 1.29 is 22.7 Å². The SMILES string of the molecule is O=C1NCC(C(=O)NS(=O)(=O)c2cccc(Oc3ccc(Cl)c(Cl)c3)c2)N1. The third-order valence-corrected chi connectivity index (χ3v) is 5.65. The molecule has 11 heteroatoms. The molecule has 0 aromatic heterocycles. The normalized spacial score (nSPS) is 16.4. The van der Waals surface area contributed by atoms with E-state index in [1.807, 2.05) is 4.72 Å². The molecule has 0 aliphatic carbocycles. The minimum absolute atomic E-state index is 0.000658. The zero-order chi connectivity index (χ0) is 19.6. The molecular weight excluding hydrogens is 417 g/mol. The average molecular weight is 430 g/mol. The van der Waals surface area contributed by atoms with Gasteiger partial charge in [-0.15, -0.1) is 0 Å². The summed E-state index contributed by atoms with van der Waals surface area (Å²) in [6.45, 7) is 0.000658. The molecule has 0 radical (unpaired) electrons. The number of urea groups is 1. The van der Waals surface area contributed by atoms with Crippen molar-refractivity contribution in [3.05, 3.63) is 52.5 Å². The van der Waals surface area contributed by atoms with Crippen LogP contribution in [0.4, 0.5) is 4.79 Å². The van der Waals surface area contributed by atoms with Gasteiger partial charge in [-0.1, -0.05) is 29.3 Å². The molecule has 2 aromatic carbocycles. The van der Waals surface area contributed by atoms with Crippen molar-refractivity contribution in [2.75, 3.05) is 6.54 Å². The number of sulfonamides is 1. The maximum absolute atomic E-state index is 12.4. The lowest BCUT2D eigenvalue weighted by molar-refractivity contribution is -0.120. The van der Waals surface area contributed by atoms with Gasteiger partial charge in [0.05, 0.1) is 14.9 Å². The monoisotopic (exact) mass is 429 g/mol. The highest BCUT2D eigenvalue weighted by molar-refractivity contribution is 7.90. The molecule has 1 aliphatic heterocycles. The minimum atomic E-state index is -4.15. The Morgan fingerprint density at radius 1 is 1.11 bits per heavy atom. The average Bonchev–Trinajstić information content (AvgIpc) is 3.05. The van der Waals surface area contributed by atoms with Crippen molar-refractivity contribution in [2.45, 2.75) is 10.9 Å². The van der Waals surface area contributed by atoms with Gasteiger partial charge in [-0.3, -0.25) is 4.79 Å². The van der Waals surface area contributed by atoms with Crippen LogP contribution in [-0.2, 0) is 14.8 Å². The van der Waals surface area contributed by atoms with Crippen molar-refractivity contribution in [3.63, 3.8) is 0 Å². The molecule has 1 fully saturated rings. The number of carbonyl (C=O) groups excluding carboxylic acids is 2. The molecule has 8 nitrogen and oxygen atoms in total. The van der Waals surface area contributed by atoms with Gasteiger partial charge in [-0.2, -0.15) is 0 Å². The fourth-order valence-electron chi connectivity index (χ4n) is 2.26. The van der Waals surface area contributed by atoms with Gasteiger partial charge in [0.25, 0.3) is 15.9 Å². The van der Waals surface area contributed by atoms with E-state index in [4.69, 9.17) is 27.9 Å². The van der Waals surface area contributed by atoms with Crippen LogP contribution < -0.4 is 20.1 Å². The van der Waals surface area contributed by atoms with Gasteiger partial charge >= 0.3 is 6.03 Å². The number of nitrogens with one attached hydrogen (secondary N) is 3. The smallest absolute Gasteiger partial charge is 0.315 e. The second-order valence-electron chi connectivity index (χ2n) is 5.53. The van der Waals surface area contributed by atoms with Crippen LogP contribution in [0.1, 0.15) is 0 Å². The molecule has 3 rings (SSSR count). The third kappa shape index (κ3) is 4.62. The van der Waals surface area contributed by atoms with Gasteiger partial charge < -0.3 is 15.4 Å². The summed E-state index contributed by atoms with van der Waals surface area (Å²) < 4.78 is 32.4. The Bertz CT molecular complexity index is 1010. The van der Waals surface area contributed by atoms with E-state index in [0.717, 1.165) is 0 Å². The number of hydrogen-bond acceptors (Lipinski definition) is 5. The first-order valence-electron chi connectivity index (χ1n) is 7.58. The maximum atomic E-state index is 12.4. The number of rotatable bonds is 5.